The summed E-state index contributed by atoms with van der Waals surface area (Å²) in [5.41, 5.74) is 4.43. The number of nitrogens with zero attached hydrogens (tertiary/aromatic N) is 2. The van der Waals surface area contributed by atoms with E-state index in [4.69, 9.17) is 4.74 Å². The third-order valence-corrected chi connectivity index (χ3v) is 6.63. The Balaban J connectivity index is 1.32. The minimum atomic E-state index is -0.344. The number of hydrogen-bond donors (Lipinski definition) is 2. The van der Waals surface area contributed by atoms with Crippen LogP contribution in [0.25, 0.3) is 10.2 Å². The molecule has 0 unspecified atom stereocenters. The van der Waals surface area contributed by atoms with Crippen molar-refractivity contribution in [2.45, 2.75) is 12.8 Å². The van der Waals surface area contributed by atoms with E-state index in [1.54, 1.807) is 31.4 Å². The summed E-state index contributed by atoms with van der Waals surface area (Å²) in [6.07, 6.45) is 5.03. The molecule has 9 heteroatoms. The van der Waals surface area contributed by atoms with Gasteiger partial charge in [-0.3, -0.25) is 25.1 Å². The van der Waals surface area contributed by atoms with Crippen molar-refractivity contribution in [1.29, 1.82) is 0 Å². The Hall–Kier alpha value is -3.72. The van der Waals surface area contributed by atoms with Crippen molar-refractivity contribution in [3.8, 4) is 5.75 Å². The highest BCUT2D eigenvalue weighted by Crippen LogP contribution is 2.35. The number of nitrogens with one attached hydrogen (secondary N) is 2. The molecule has 1 saturated heterocycles. The summed E-state index contributed by atoms with van der Waals surface area (Å²) in [6, 6.07) is 12.3. The number of ether oxygens (including phenoxy) is 1. The number of hydrogen-bond acceptors (Lipinski definition) is 7. The van der Waals surface area contributed by atoms with Crippen LogP contribution < -0.4 is 15.5 Å². The molecular weight excluding hydrogens is 428 g/mol. The fraction of sp³-hybridized carbons (Fsp3) is 0.217. The molecule has 0 saturated carbocycles. The van der Waals surface area contributed by atoms with Gasteiger partial charge in [0.1, 0.15) is 11.3 Å². The zero-order chi connectivity index (χ0) is 22.2. The molecule has 1 aliphatic heterocycles. The molecule has 0 spiro atoms. The van der Waals surface area contributed by atoms with Crippen LogP contribution in [0.15, 0.2) is 54.6 Å². The van der Waals surface area contributed by atoms with Crippen LogP contribution in [-0.4, -0.2) is 34.8 Å². The number of carbonyl (C=O) groups excluding carboxylic acids is 3. The summed E-state index contributed by atoms with van der Waals surface area (Å²) in [5, 5.41) is 4.34. The molecule has 2 N–H and O–H groups in total. The highest BCUT2D eigenvalue weighted by Gasteiger charge is 2.47. The number of para-hydroxylation sites is 1. The molecule has 8 nitrogen and oxygen atoms in total. The first-order chi connectivity index (χ1) is 15.5. The van der Waals surface area contributed by atoms with Gasteiger partial charge in [0.2, 0.25) is 0 Å². The van der Waals surface area contributed by atoms with E-state index in [1.807, 2.05) is 30.4 Å². The van der Waals surface area contributed by atoms with E-state index in [9.17, 15) is 14.4 Å². The first-order valence-corrected chi connectivity index (χ1v) is 11.0. The Bertz CT molecular complexity index is 1240. The predicted molar refractivity (Wildman–Crippen MR) is 121 cm³/mol. The number of carbonyl (C=O) groups is 3. The third kappa shape index (κ3) is 3.50. The van der Waals surface area contributed by atoms with E-state index in [0.717, 1.165) is 9.71 Å². The van der Waals surface area contributed by atoms with E-state index in [0.29, 0.717) is 40.5 Å². The summed E-state index contributed by atoms with van der Waals surface area (Å²) >= 11 is 1.35. The molecule has 1 fully saturated rings. The normalized spacial score (nSPS) is 19.8. The van der Waals surface area contributed by atoms with Gasteiger partial charge in [-0.1, -0.05) is 35.6 Å². The lowest BCUT2D eigenvalue weighted by molar-refractivity contribution is -0.138. The van der Waals surface area contributed by atoms with Gasteiger partial charge in [-0.2, -0.15) is 5.01 Å². The van der Waals surface area contributed by atoms with E-state index < -0.39 is 0 Å². The zero-order valence-corrected chi connectivity index (χ0v) is 18.0. The summed E-state index contributed by atoms with van der Waals surface area (Å²) in [5.74, 6) is -0.806. The van der Waals surface area contributed by atoms with Crippen LogP contribution in [0.5, 0.6) is 5.75 Å². The van der Waals surface area contributed by atoms with Crippen molar-refractivity contribution in [1.82, 2.24) is 9.99 Å². The summed E-state index contributed by atoms with van der Waals surface area (Å²) in [4.78, 5) is 42.6. The Morgan fingerprint density at radius 1 is 1.09 bits per heavy atom. The third-order valence-electron chi connectivity index (χ3n) is 5.70. The molecule has 32 heavy (non-hydrogen) atoms. The fourth-order valence-corrected chi connectivity index (χ4v) is 4.96. The highest BCUT2D eigenvalue weighted by atomic mass is 32.1. The maximum Gasteiger partial charge on any atom is 0.257 e. The average molecular weight is 449 g/mol. The second-order valence-electron chi connectivity index (χ2n) is 7.64. The van der Waals surface area contributed by atoms with Crippen molar-refractivity contribution in [2.75, 3.05) is 17.9 Å². The summed E-state index contributed by atoms with van der Waals surface area (Å²) in [7, 11) is 1.58. The SMILES string of the molecule is COc1cccc2sc(NC(=O)c3cccc(NN4C(=O)[C@H]5CC=CC[C@@H]5C4=O)c3)nc12. The summed E-state index contributed by atoms with van der Waals surface area (Å²) < 4.78 is 6.22. The monoisotopic (exact) mass is 448 g/mol. The molecule has 0 radical (unpaired) electrons. The smallest absolute Gasteiger partial charge is 0.257 e. The molecule has 162 valence electrons. The number of aromatic nitrogens is 1. The van der Waals surface area contributed by atoms with Crippen molar-refractivity contribution < 1.29 is 19.1 Å². The number of thiazole rings is 1. The Kier molecular flexibility index (Phi) is 5.10. The number of rotatable bonds is 5. The highest BCUT2D eigenvalue weighted by molar-refractivity contribution is 7.22. The molecule has 1 aromatic heterocycles. The van der Waals surface area contributed by atoms with E-state index in [1.165, 1.54) is 11.3 Å². The van der Waals surface area contributed by atoms with Crippen LogP contribution in [0.1, 0.15) is 23.2 Å². The van der Waals surface area contributed by atoms with Crippen molar-refractivity contribution >= 4 is 50.1 Å². The molecule has 3 aromatic rings. The standard InChI is InChI=1S/C23H20N4O4S/c1-31-17-10-5-11-18-19(17)24-23(32-18)25-20(28)13-6-4-7-14(12-13)26-27-21(29)15-8-2-3-9-16(15)22(27)30/h2-7,10-12,15-16,26H,8-9H2,1H3,(H,24,25,28)/t15-,16-/m0/s1. The van der Waals surface area contributed by atoms with Crippen LogP contribution in [0.2, 0.25) is 0 Å². The minimum Gasteiger partial charge on any atom is -0.494 e. The van der Waals surface area contributed by atoms with Gasteiger partial charge in [-0.05, 0) is 43.2 Å². The van der Waals surface area contributed by atoms with Gasteiger partial charge in [0.15, 0.2) is 5.13 Å². The molecule has 5 rings (SSSR count). The van der Waals surface area contributed by atoms with Gasteiger partial charge in [-0.15, -0.1) is 0 Å². The number of allylic oxidation sites excluding steroid dienone is 2. The first-order valence-electron chi connectivity index (χ1n) is 10.2. The zero-order valence-electron chi connectivity index (χ0n) is 17.2. The lowest BCUT2D eigenvalue weighted by Crippen LogP contribution is -2.36. The number of anilines is 2. The van der Waals surface area contributed by atoms with Crippen LogP contribution in [0.3, 0.4) is 0 Å². The van der Waals surface area contributed by atoms with Gasteiger partial charge in [0.05, 0.1) is 29.3 Å². The van der Waals surface area contributed by atoms with Crippen molar-refractivity contribution in [3.05, 3.63) is 60.2 Å². The Labute approximate surface area is 187 Å². The molecule has 3 amide bonds. The maximum atomic E-state index is 12.8. The number of amides is 3. The number of hydrazine groups is 1. The van der Waals surface area contributed by atoms with E-state index >= 15 is 0 Å². The van der Waals surface area contributed by atoms with Crippen molar-refractivity contribution in [3.63, 3.8) is 0 Å². The number of benzene rings is 2. The van der Waals surface area contributed by atoms with Crippen LogP contribution in [0.4, 0.5) is 10.8 Å². The Morgan fingerprint density at radius 3 is 2.53 bits per heavy atom. The molecule has 2 heterocycles. The number of imide groups is 1. The summed E-state index contributed by atoms with van der Waals surface area (Å²) in [6.45, 7) is 0. The van der Waals surface area contributed by atoms with Gasteiger partial charge < -0.3 is 4.74 Å². The molecule has 2 aromatic carbocycles. The van der Waals surface area contributed by atoms with Crippen LogP contribution >= 0.6 is 11.3 Å². The molecule has 1 aliphatic carbocycles. The fourth-order valence-electron chi connectivity index (χ4n) is 4.08. The maximum absolute atomic E-state index is 12.8. The number of methoxy groups -OCH3 is 1. The van der Waals surface area contributed by atoms with Gasteiger partial charge in [-0.25, -0.2) is 4.98 Å². The lowest BCUT2D eigenvalue weighted by Gasteiger charge is -2.17. The average Bonchev–Trinajstić information content (AvgIpc) is 3.33. The second kappa shape index (κ2) is 8.08. The lowest BCUT2D eigenvalue weighted by atomic mass is 9.85. The van der Waals surface area contributed by atoms with E-state index in [2.05, 4.69) is 15.7 Å². The topological polar surface area (TPSA) is 101 Å². The molecule has 2 aliphatic rings. The second-order valence-corrected chi connectivity index (χ2v) is 8.67. The van der Waals surface area contributed by atoms with Crippen LogP contribution in [0, 0.1) is 11.8 Å². The Morgan fingerprint density at radius 2 is 1.81 bits per heavy atom. The van der Waals surface area contributed by atoms with Gasteiger partial charge in [0, 0.05) is 5.56 Å². The van der Waals surface area contributed by atoms with E-state index in [-0.39, 0.29) is 29.6 Å². The number of fused-ring (bicyclic) bond motifs is 2. The van der Waals surface area contributed by atoms with Gasteiger partial charge >= 0.3 is 0 Å². The minimum absolute atomic E-state index is 0.234. The largest absolute Gasteiger partial charge is 0.494 e. The van der Waals surface area contributed by atoms with Crippen molar-refractivity contribution in [2.24, 2.45) is 11.8 Å². The molecular formula is C23H20N4O4S. The van der Waals surface area contributed by atoms with Gasteiger partial charge in [0.25, 0.3) is 17.7 Å². The quantitative estimate of drug-likeness (QED) is 0.454. The predicted octanol–water partition coefficient (Wildman–Crippen LogP) is 3.84. The first kappa shape index (κ1) is 20.2. The van der Waals surface area contributed by atoms with Crippen LogP contribution in [-0.2, 0) is 9.59 Å². The molecule has 0 bridgehead atoms. The molecule has 2 atom stereocenters.